The topological polar surface area (TPSA) is 41.6 Å². The first kappa shape index (κ1) is 14.9. The van der Waals surface area contributed by atoms with Crippen molar-refractivity contribution >= 4 is 5.91 Å². The van der Waals surface area contributed by atoms with Gasteiger partial charge in [-0.1, -0.05) is 12.1 Å². The van der Waals surface area contributed by atoms with Gasteiger partial charge < -0.3 is 15.0 Å². The maximum absolute atomic E-state index is 11.4. The molecular weight excluding hydrogens is 252 g/mol. The van der Waals surface area contributed by atoms with E-state index < -0.39 is 0 Å². The van der Waals surface area contributed by atoms with Crippen molar-refractivity contribution in [3.8, 4) is 5.75 Å². The molecule has 4 nitrogen and oxygen atoms in total. The smallest absolute Gasteiger partial charge is 0.222 e. The minimum atomic E-state index is 0.203. The first-order valence-electron chi connectivity index (χ1n) is 7.27. The number of hydrogen-bond acceptors (Lipinski definition) is 3. The molecule has 0 radical (unpaired) electrons. The Morgan fingerprint density at radius 2 is 2.05 bits per heavy atom. The van der Waals surface area contributed by atoms with E-state index in [-0.39, 0.29) is 12.0 Å². The van der Waals surface area contributed by atoms with Gasteiger partial charge in [0.1, 0.15) is 5.75 Å². The van der Waals surface area contributed by atoms with Gasteiger partial charge in [-0.05, 0) is 38.0 Å². The fourth-order valence-electron chi connectivity index (χ4n) is 2.40. The van der Waals surface area contributed by atoms with Crippen LogP contribution in [0.25, 0.3) is 0 Å². The quantitative estimate of drug-likeness (QED) is 0.896. The Kier molecular flexibility index (Phi) is 5.01. The second-order valence-corrected chi connectivity index (χ2v) is 5.70. The summed E-state index contributed by atoms with van der Waals surface area (Å²) in [7, 11) is 1.87. The lowest BCUT2D eigenvalue weighted by molar-refractivity contribution is -0.132. The van der Waals surface area contributed by atoms with Gasteiger partial charge in [-0.2, -0.15) is 0 Å². The average Bonchev–Trinajstić information content (AvgIpc) is 2.41. The van der Waals surface area contributed by atoms with E-state index in [1.54, 1.807) is 4.90 Å². The van der Waals surface area contributed by atoms with Crippen LogP contribution in [0.5, 0.6) is 5.75 Å². The summed E-state index contributed by atoms with van der Waals surface area (Å²) in [4.78, 5) is 13.2. The Morgan fingerprint density at radius 1 is 1.35 bits per heavy atom. The van der Waals surface area contributed by atoms with Crippen LogP contribution >= 0.6 is 0 Å². The van der Waals surface area contributed by atoms with Crippen LogP contribution < -0.4 is 10.1 Å². The van der Waals surface area contributed by atoms with Gasteiger partial charge in [0.25, 0.3) is 0 Å². The fourth-order valence-corrected chi connectivity index (χ4v) is 2.40. The zero-order valence-electron chi connectivity index (χ0n) is 12.6. The van der Waals surface area contributed by atoms with Gasteiger partial charge >= 0.3 is 0 Å². The molecule has 1 fully saturated rings. The van der Waals surface area contributed by atoms with Gasteiger partial charge in [0, 0.05) is 32.6 Å². The summed E-state index contributed by atoms with van der Waals surface area (Å²) in [6, 6.07) is 8.58. The highest BCUT2D eigenvalue weighted by atomic mass is 16.5. The molecule has 1 aliphatic rings. The van der Waals surface area contributed by atoms with E-state index in [9.17, 15) is 4.79 Å². The third-order valence-corrected chi connectivity index (χ3v) is 3.52. The van der Waals surface area contributed by atoms with Crippen molar-refractivity contribution in [3.05, 3.63) is 29.8 Å². The van der Waals surface area contributed by atoms with Gasteiger partial charge in [-0.3, -0.25) is 4.79 Å². The zero-order chi connectivity index (χ0) is 14.5. The Morgan fingerprint density at radius 3 is 2.65 bits per heavy atom. The van der Waals surface area contributed by atoms with Crippen molar-refractivity contribution in [2.24, 2.45) is 0 Å². The minimum absolute atomic E-state index is 0.203. The number of carbonyl (C=O) groups is 1. The third kappa shape index (κ3) is 4.23. The lowest BCUT2D eigenvalue weighted by Crippen LogP contribution is -2.46. The van der Waals surface area contributed by atoms with Crippen LogP contribution in [0.1, 0.15) is 32.3 Å². The summed E-state index contributed by atoms with van der Waals surface area (Å²) in [5.41, 5.74) is 1.24. The molecule has 1 aromatic carbocycles. The number of piperidine rings is 1. The Hall–Kier alpha value is -1.55. The van der Waals surface area contributed by atoms with Crippen molar-refractivity contribution in [2.75, 3.05) is 13.6 Å². The Bertz CT molecular complexity index is 442. The second-order valence-electron chi connectivity index (χ2n) is 5.70. The van der Waals surface area contributed by atoms with E-state index in [0.717, 1.165) is 25.3 Å². The van der Waals surface area contributed by atoms with Crippen LogP contribution in [0.3, 0.4) is 0 Å². The van der Waals surface area contributed by atoms with Gasteiger partial charge in [0.05, 0.1) is 6.10 Å². The van der Waals surface area contributed by atoms with E-state index in [0.29, 0.717) is 12.5 Å². The highest BCUT2D eigenvalue weighted by Crippen LogP contribution is 2.15. The van der Waals surface area contributed by atoms with Crippen LogP contribution in [-0.2, 0) is 11.3 Å². The normalized spacial score (nSPS) is 19.5. The first-order chi connectivity index (χ1) is 9.54. The lowest BCUT2D eigenvalue weighted by Gasteiger charge is -2.30. The molecule has 1 amide bonds. The van der Waals surface area contributed by atoms with E-state index in [2.05, 4.69) is 17.4 Å². The molecular formula is C16H24N2O2. The molecule has 0 saturated carbocycles. The number of amides is 1. The molecule has 1 aliphatic heterocycles. The van der Waals surface area contributed by atoms with Gasteiger partial charge in [-0.25, -0.2) is 0 Å². The van der Waals surface area contributed by atoms with Crippen molar-refractivity contribution < 1.29 is 9.53 Å². The summed E-state index contributed by atoms with van der Waals surface area (Å²) in [6.45, 7) is 5.68. The van der Waals surface area contributed by atoms with E-state index in [4.69, 9.17) is 4.74 Å². The third-order valence-electron chi connectivity index (χ3n) is 3.52. The highest BCUT2D eigenvalue weighted by molar-refractivity contribution is 5.76. The number of ether oxygens (including phenoxy) is 1. The number of benzene rings is 1. The summed E-state index contributed by atoms with van der Waals surface area (Å²) in [5.74, 6) is 1.16. The number of nitrogens with one attached hydrogen (secondary N) is 1. The minimum Gasteiger partial charge on any atom is -0.491 e. The van der Waals surface area contributed by atoms with E-state index in [1.807, 2.05) is 33.0 Å². The standard InChI is InChI=1S/C16H24N2O2/c1-12(2)20-15-7-4-13(5-8-15)10-17-14-6-9-16(19)18(3)11-14/h4-5,7-8,12,14,17H,6,9-11H2,1-3H3. The van der Waals surface area contributed by atoms with Crippen molar-refractivity contribution in [1.29, 1.82) is 0 Å². The fraction of sp³-hybridized carbons (Fsp3) is 0.562. The van der Waals surface area contributed by atoms with Crippen LogP contribution in [0.15, 0.2) is 24.3 Å². The summed E-state index contributed by atoms with van der Waals surface area (Å²) in [6.07, 6.45) is 1.78. The van der Waals surface area contributed by atoms with Crippen molar-refractivity contribution in [1.82, 2.24) is 10.2 Å². The lowest BCUT2D eigenvalue weighted by atomic mass is 10.1. The van der Waals surface area contributed by atoms with Gasteiger partial charge in [0.15, 0.2) is 0 Å². The molecule has 4 heteroatoms. The van der Waals surface area contributed by atoms with Crippen LogP contribution in [0, 0.1) is 0 Å². The summed E-state index contributed by atoms with van der Waals surface area (Å²) in [5, 5.41) is 3.51. The zero-order valence-corrected chi connectivity index (χ0v) is 12.6. The maximum atomic E-state index is 11.4. The largest absolute Gasteiger partial charge is 0.491 e. The molecule has 1 atom stereocenters. The van der Waals surface area contributed by atoms with Crippen molar-refractivity contribution in [3.63, 3.8) is 0 Å². The van der Waals surface area contributed by atoms with E-state index in [1.165, 1.54) is 5.56 Å². The first-order valence-corrected chi connectivity index (χ1v) is 7.27. The average molecular weight is 276 g/mol. The molecule has 0 aromatic heterocycles. The van der Waals surface area contributed by atoms with Gasteiger partial charge in [0.2, 0.25) is 5.91 Å². The second kappa shape index (κ2) is 6.75. The molecule has 110 valence electrons. The molecule has 0 bridgehead atoms. The number of likely N-dealkylation sites (tertiary alicyclic amines) is 1. The highest BCUT2D eigenvalue weighted by Gasteiger charge is 2.21. The summed E-state index contributed by atoms with van der Waals surface area (Å²) < 4.78 is 5.62. The predicted molar refractivity (Wildman–Crippen MR) is 79.7 cm³/mol. The number of rotatable bonds is 5. The molecule has 1 aromatic rings. The number of nitrogens with zero attached hydrogens (tertiary/aromatic N) is 1. The van der Waals surface area contributed by atoms with Crippen LogP contribution in [0.4, 0.5) is 0 Å². The van der Waals surface area contributed by atoms with Crippen LogP contribution in [-0.4, -0.2) is 36.5 Å². The molecule has 1 saturated heterocycles. The molecule has 1 N–H and O–H groups in total. The number of carbonyl (C=O) groups excluding carboxylic acids is 1. The van der Waals surface area contributed by atoms with Gasteiger partial charge in [-0.15, -0.1) is 0 Å². The molecule has 1 unspecified atom stereocenters. The molecule has 1 heterocycles. The molecule has 2 rings (SSSR count). The Balaban J connectivity index is 1.80. The predicted octanol–water partition coefficient (Wildman–Crippen LogP) is 2.18. The van der Waals surface area contributed by atoms with Crippen LogP contribution in [0.2, 0.25) is 0 Å². The monoisotopic (exact) mass is 276 g/mol. The Labute approximate surface area is 121 Å². The summed E-state index contributed by atoms with van der Waals surface area (Å²) >= 11 is 0. The SMILES string of the molecule is CC(C)Oc1ccc(CNC2CCC(=O)N(C)C2)cc1. The molecule has 20 heavy (non-hydrogen) atoms. The number of likely N-dealkylation sites (N-methyl/N-ethyl adjacent to an activating group) is 1. The molecule has 0 spiro atoms. The number of hydrogen-bond donors (Lipinski definition) is 1. The maximum Gasteiger partial charge on any atom is 0.222 e. The van der Waals surface area contributed by atoms with Crippen molar-refractivity contribution in [2.45, 2.75) is 45.4 Å². The van der Waals surface area contributed by atoms with E-state index >= 15 is 0 Å². The molecule has 0 aliphatic carbocycles.